The average molecular weight is 299 g/mol. The number of amidine groups is 1. The average Bonchev–Trinajstić information content (AvgIpc) is 2.75. The molecule has 1 aliphatic heterocycles. The van der Waals surface area contributed by atoms with Gasteiger partial charge in [0.25, 0.3) is 0 Å². The highest BCUT2D eigenvalue weighted by atomic mass is 16.5. The Labute approximate surface area is 132 Å². The fourth-order valence-corrected chi connectivity index (χ4v) is 3.67. The predicted molar refractivity (Wildman–Crippen MR) is 90.6 cm³/mol. The fraction of sp³-hybridized carbons (Fsp3) is 0.556. The van der Waals surface area contributed by atoms with E-state index in [-0.39, 0.29) is 0 Å². The molecule has 0 bridgehead atoms. The standard InChI is InChI=1S/C18H25N3O/c1-13-17(19)21-18(20-13,14-7-5-3-4-6-8-14)15-9-11-16(22-2)12-10-15/h9-12,14H,3-8H2,1-2H3,(H2,19,21). The molecule has 3 rings (SSSR count). The number of aliphatic imine (C=N–C) groups is 2. The van der Waals surface area contributed by atoms with Gasteiger partial charge in [-0.05, 0) is 31.9 Å². The van der Waals surface area contributed by atoms with Crippen LogP contribution in [0.3, 0.4) is 0 Å². The zero-order valence-corrected chi connectivity index (χ0v) is 13.5. The molecule has 4 heteroatoms. The van der Waals surface area contributed by atoms with Gasteiger partial charge in [-0.1, -0.05) is 37.8 Å². The molecule has 1 atom stereocenters. The lowest BCUT2D eigenvalue weighted by atomic mass is 9.82. The predicted octanol–water partition coefficient (Wildman–Crippen LogP) is 3.65. The van der Waals surface area contributed by atoms with Crippen molar-refractivity contribution in [3.8, 4) is 5.75 Å². The van der Waals surface area contributed by atoms with Crippen LogP contribution in [0.2, 0.25) is 0 Å². The van der Waals surface area contributed by atoms with Gasteiger partial charge in [0.1, 0.15) is 11.6 Å². The number of benzene rings is 1. The first kappa shape index (κ1) is 15.1. The first-order valence-electron chi connectivity index (χ1n) is 8.22. The van der Waals surface area contributed by atoms with Crippen LogP contribution in [0.15, 0.2) is 34.3 Å². The number of hydrogen-bond donors (Lipinski definition) is 1. The van der Waals surface area contributed by atoms with Crippen molar-refractivity contribution in [1.29, 1.82) is 0 Å². The zero-order valence-electron chi connectivity index (χ0n) is 13.5. The lowest BCUT2D eigenvalue weighted by molar-refractivity contribution is 0.263. The molecule has 1 fully saturated rings. The van der Waals surface area contributed by atoms with Crippen molar-refractivity contribution < 1.29 is 4.74 Å². The highest BCUT2D eigenvalue weighted by Gasteiger charge is 2.43. The Kier molecular flexibility index (Phi) is 4.19. The van der Waals surface area contributed by atoms with Crippen LogP contribution >= 0.6 is 0 Å². The molecule has 1 saturated carbocycles. The van der Waals surface area contributed by atoms with Crippen LogP contribution in [0.5, 0.6) is 5.75 Å². The number of methoxy groups -OCH3 is 1. The van der Waals surface area contributed by atoms with E-state index in [0.717, 1.165) is 17.0 Å². The first-order chi connectivity index (χ1) is 10.7. The third-order valence-corrected chi connectivity index (χ3v) is 4.94. The molecular formula is C18H25N3O. The van der Waals surface area contributed by atoms with Gasteiger partial charge in [-0.3, -0.25) is 4.99 Å². The molecule has 2 aliphatic rings. The van der Waals surface area contributed by atoms with Crippen LogP contribution in [0.25, 0.3) is 0 Å². The third-order valence-electron chi connectivity index (χ3n) is 4.94. The largest absolute Gasteiger partial charge is 0.497 e. The first-order valence-corrected chi connectivity index (χ1v) is 8.22. The van der Waals surface area contributed by atoms with Gasteiger partial charge in [-0.2, -0.15) is 0 Å². The van der Waals surface area contributed by atoms with Crippen molar-refractivity contribution in [3.05, 3.63) is 29.8 Å². The van der Waals surface area contributed by atoms with Gasteiger partial charge >= 0.3 is 0 Å². The Morgan fingerprint density at radius 1 is 1.05 bits per heavy atom. The molecule has 2 N–H and O–H groups in total. The molecule has 22 heavy (non-hydrogen) atoms. The molecule has 0 amide bonds. The second-order valence-corrected chi connectivity index (χ2v) is 6.34. The summed E-state index contributed by atoms with van der Waals surface area (Å²) in [6, 6.07) is 8.15. The summed E-state index contributed by atoms with van der Waals surface area (Å²) < 4.78 is 5.28. The second-order valence-electron chi connectivity index (χ2n) is 6.34. The van der Waals surface area contributed by atoms with Crippen LogP contribution in [0.4, 0.5) is 0 Å². The number of rotatable bonds is 3. The summed E-state index contributed by atoms with van der Waals surface area (Å²) in [6.07, 6.45) is 7.48. The molecule has 0 aromatic heterocycles. The molecule has 118 valence electrons. The van der Waals surface area contributed by atoms with Crippen molar-refractivity contribution >= 4 is 11.5 Å². The van der Waals surface area contributed by atoms with E-state index in [0.29, 0.717) is 11.8 Å². The van der Waals surface area contributed by atoms with Gasteiger partial charge in [0, 0.05) is 11.5 Å². The summed E-state index contributed by atoms with van der Waals surface area (Å²) in [4.78, 5) is 9.78. The van der Waals surface area contributed by atoms with Gasteiger partial charge in [0.2, 0.25) is 0 Å². The van der Waals surface area contributed by atoms with E-state index in [2.05, 4.69) is 12.1 Å². The van der Waals surface area contributed by atoms with E-state index >= 15 is 0 Å². The topological polar surface area (TPSA) is 60.0 Å². The number of hydrogen-bond acceptors (Lipinski definition) is 4. The zero-order chi connectivity index (χ0) is 15.6. The SMILES string of the molecule is COc1ccc(C2(C3CCCCCC3)N=C(C)C(N)=N2)cc1. The van der Waals surface area contributed by atoms with Crippen LogP contribution in [0, 0.1) is 5.92 Å². The Bertz CT molecular complexity index is 563. The van der Waals surface area contributed by atoms with E-state index in [1.165, 1.54) is 38.5 Å². The smallest absolute Gasteiger partial charge is 0.181 e. The maximum Gasteiger partial charge on any atom is 0.181 e. The summed E-state index contributed by atoms with van der Waals surface area (Å²) in [5.41, 5.74) is 7.55. The monoisotopic (exact) mass is 299 g/mol. The quantitative estimate of drug-likeness (QED) is 0.866. The van der Waals surface area contributed by atoms with E-state index in [4.69, 9.17) is 20.5 Å². The third kappa shape index (κ3) is 2.62. The van der Waals surface area contributed by atoms with E-state index < -0.39 is 5.66 Å². The van der Waals surface area contributed by atoms with Crippen LogP contribution in [-0.4, -0.2) is 18.7 Å². The number of nitrogens with two attached hydrogens (primary N) is 1. The van der Waals surface area contributed by atoms with Crippen molar-refractivity contribution in [1.82, 2.24) is 0 Å². The molecule has 4 nitrogen and oxygen atoms in total. The molecule has 0 saturated heterocycles. The summed E-state index contributed by atoms with van der Waals surface area (Å²) in [5.74, 6) is 1.87. The van der Waals surface area contributed by atoms with Crippen molar-refractivity contribution in [3.63, 3.8) is 0 Å². The van der Waals surface area contributed by atoms with E-state index in [1.807, 2.05) is 19.1 Å². The van der Waals surface area contributed by atoms with Gasteiger partial charge < -0.3 is 10.5 Å². The lowest BCUT2D eigenvalue weighted by Crippen LogP contribution is -2.30. The summed E-state index contributed by atoms with van der Waals surface area (Å²) in [7, 11) is 1.68. The Hall–Kier alpha value is -1.84. The summed E-state index contributed by atoms with van der Waals surface area (Å²) in [6.45, 7) is 1.96. The Morgan fingerprint density at radius 2 is 1.68 bits per heavy atom. The highest BCUT2D eigenvalue weighted by Crippen LogP contribution is 2.45. The molecule has 0 radical (unpaired) electrons. The van der Waals surface area contributed by atoms with E-state index in [1.54, 1.807) is 7.11 Å². The second kappa shape index (κ2) is 6.11. The minimum atomic E-state index is -0.523. The van der Waals surface area contributed by atoms with Crippen LogP contribution in [-0.2, 0) is 5.66 Å². The summed E-state index contributed by atoms with van der Waals surface area (Å²) in [5, 5.41) is 0. The Morgan fingerprint density at radius 3 is 2.18 bits per heavy atom. The molecule has 1 aromatic rings. The van der Waals surface area contributed by atoms with Gasteiger partial charge in [-0.15, -0.1) is 0 Å². The van der Waals surface area contributed by atoms with Crippen LogP contribution in [0.1, 0.15) is 51.0 Å². The van der Waals surface area contributed by atoms with Crippen molar-refractivity contribution in [2.45, 2.75) is 51.1 Å². The molecule has 1 aromatic carbocycles. The molecule has 1 unspecified atom stereocenters. The Balaban J connectivity index is 2.03. The number of nitrogens with zero attached hydrogens (tertiary/aromatic N) is 2. The minimum absolute atomic E-state index is 0.430. The van der Waals surface area contributed by atoms with Gasteiger partial charge in [0.15, 0.2) is 5.66 Å². The van der Waals surface area contributed by atoms with Crippen molar-refractivity contribution in [2.75, 3.05) is 7.11 Å². The van der Waals surface area contributed by atoms with Gasteiger partial charge in [-0.25, -0.2) is 4.99 Å². The maximum absolute atomic E-state index is 6.09. The lowest BCUT2D eigenvalue weighted by Gasteiger charge is -2.32. The fourth-order valence-electron chi connectivity index (χ4n) is 3.67. The number of ether oxygens (including phenoxy) is 1. The highest BCUT2D eigenvalue weighted by molar-refractivity contribution is 6.41. The molecule has 0 spiro atoms. The summed E-state index contributed by atoms with van der Waals surface area (Å²) >= 11 is 0. The van der Waals surface area contributed by atoms with Gasteiger partial charge in [0.05, 0.1) is 12.8 Å². The van der Waals surface area contributed by atoms with Crippen molar-refractivity contribution in [2.24, 2.45) is 21.6 Å². The van der Waals surface area contributed by atoms with Crippen LogP contribution < -0.4 is 10.5 Å². The normalized spacial score (nSPS) is 26.3. The molecule has 1 heterocycles. The van der Waals surface area contributed by atoms with E-state index in [9.17, 15) is 0 Å². The molecular weight excluding hydrogens is 274 g/mol. The minimum Gasteiger partial charge on any atom is -0.497 e. The molecule has 1 aliphatic carbocycles. The maximum atomic E-state index is 6.09.